The molecule has 6 heterocycles. The van der Waals surface area contributed by atoms with Crippen molar-refractivity contribution >= 4 is 97.8 Å². The van der Waals surface area contributed by atoms with Crippen LogP contribution >= 0.6 is 22.7 Å². The Labute approximate surface area is 451 Å². The normalized spacial score (nSPS) is 16.2. The molecule has 0 aromatic carbocycles. The highest BCUT2D eigenvalue weighted by Gasteiger charge is 2.44. The van der Waals surface area contributed by atoms with E-state index in [-0.39, 0.29) is 82.3 Å². The van der Waals surface area contributed by atoms with Gasteiger partial charge in [-0.05, 0) is 63.8 Å². The molecule has 2 aliphatic rings. The lowest BCUT2D eigenvalue weighted by Crippen LogP contribution is -2.36. The molecule has 4 aromatic heterocycles. The fourth-order valence-electron chi connectivity index (χ4n) is 7.69. The largest absolute Gasteiger partial charge is 0.504 e. The number of amidine groups is 2. The summed E-state index contributed by atoms with van der Waals surface area (Å²) in [4.78, 5) is 24.5. The molecule has 76 heavy (non-hydrogen) atoms. The van der Waals surface area contributed by atoms with E-state index in [0.717, 1.165) is 22.7 Å². The van der Waals surface area contributed by atoms with Gasteiger partial charge in [0.05, 0.1) is 42.9 Å². The van der Waals surface area contributed by atoms with Gasteiger partial charge >= 0.3 is 11.9 Å². The molecule has 420 valence electrons. The van der Waals surface area contributed by atoms with Gasteiger partial charge in [-0.15, -0.1) is 31.5 Å². The number of sulfonamides is 4. The average Bonchev–Trinajstić information content (AvgIpc) is 4.20. The number of furan rings is 2. The Kier molecular flexibility index (Phi) is 19.5. The summed E-state index contributed by atoms with van der Waals surface area (Å²) in [7, 11) is -17.0. The van der Waals surface area contributed by atoms with Gasteiger partial charge in [0.1, 0.15) is 28.7 Å². The van der Waals surface area contributed by atoms with E-state index in [1.807, 2.05) is 27.7 Å². The van der Waals surface area contributed by atoms with E-state index < -0.39 is 90.8 Å². The van der Waals surface area contributed by atoms with Crippen LogP contribution in [0.25, 0.3) is 0 Å². The second-order valence-corrected chi connectivity index (χ2v) is 27.0. The first-order valence-corrected chi connectivity index (χ1v) is 31.3. The van der Waals surface area contributed by atoms with E-state index in [9.17, 15) is 53.5 Å². The highest BCUT2D eigenvalue weighted by atomic mass is 32.3. The van der Waals surface area contributed by atoms with E-state index in [2.05, 4.69) is 30.1 Å². The lowest BCUT2D eigenvalue weighted by atomic mass is 9.85. The Balaban J connectivity index is 0.000000282. The molecule has 0 saturated carbocycles. The molecule has 6 N–H and O–H groups in total. The maximum Gasteiger partial charge on any atom is 0.354 e. The number of nitrogens with one attached hydrogen (secondary N) is 4. The van der Waals surface area contributed by atoms with Crippen LogP contribution in [0.1, 0.15) is 110 Å². The first kappa shape index (κ1) is 61.1. The Bertz CT molecular complexity index is 3380. The summed E-state index contributed by atoms with van der Waals surface area (Å²) in [5.41, 5.74) is -1.05. The van der Waals surface area contributed by atoms with E-state index in [1.54, 1.807) is 72.7 Å². The van der Waals surface area contributed by atoms with Crippen LogP contribution < -0.4 is 21.3 Å². The molecule has 0 aliphatic carbocycles. The Morgan fingerprint density at radius 1 is 0.737 bits per heavy atom. The summed E-state index contributed by atoms with van der Waals surface area (Å²) in [5.74, 6) is -2.36. The van der Waals surface area contributed by atoms with Crippen molar-refractivity contribution in [2.75, 3.05) is 50.0 Å². The quantitative estimate of drug-likeness (QED) is 0.0470. The number of ether oxygens (including phenoxy) is 2. The van der Waals surface area contributed by atoms with Crippen molar-refractivity contribution in [1.82, 2.24) is 19.2 Å². The van der Waals surface area contributed by atoms with Gasteiger partial charge in [0, 0.05) is 36.4 Å². The molecule has 0 unspecified atom stereocenters. The van der Waals surface area contributed by atoms with Crippen LogP contribution in [0.5, 0.6) is 11.5 Å². The molecule has 0 fully saturated rings. The number of nitrogens with zero attached hydrogens (tertiary/aromatic N) is 4. The molecule has 4 aromatic rings. The molecule has 0 amide bonds. The maximum atomic E-state index is 13.2. The first-order valence-electron chi connectivity index (χ1n) is 23.8. The second-order valence-electron chi connectivity index (χ2n) is 17.6. The van der Waals surface area contributed by atoms with Crippen molar-refractivity contribution in [3.63, 3.8) is 0 Å². The summed E-state index contributed by atoms with van der Waals surface area (Å²) < 4.78 is 135. The van der Waals surface area contributed by atoms with Gasteiger partial charge < -0.3 is 49.8 Å². The van der Waals surface area contributed by atoms with Crippen LogP contribution in [0.3, 0.4) is 0 Å². The number of aromatic hydroxyl groups is 2. The number of carbonyl (C=O) groups excluding carboxylic acids is 2. The minimum atomic E-state index is -4.53. The third-order valence-electron chi connectivity index (χ3n) is 11.4. The summed E-state index contributed by atoms with van der Waals surface area (Å²) >= 11 is 1.60. The number of thiophene rings is 2. The summed E-state index contributed by atoms with van der Waals surface area (Å²) in [6.07, 6.45) is 1.91. The molecule has 30 heteroatoms. The zero-order valence-corrected chi connectivity index (χ0v) is 48.8. The van der Waals surface area contributed by atoms with Crippen molar-refractivity contribution in [3.05, 3.63) is 79.3 Å². The lowest BCUT2D eigenvalue weighted by Gasteiger charge is -2.31. The van der Waals surface area contributed by atoms with E-state index in [1.165, 1.54) is 27.2 Å². The predicted octanol–water partition coefficient (Wildman–Crippen LogP) is 6.75. The van der Waals surface area contributed by atoms with Crippen LogP contribution in [0.15, 0.2) is 83.2 Å². The van der Waals surface area contributed by atoms with Gasteiger partial charge in [-0.3, -0.25) is 0 Å². The van der Waals surface area contributed by atoms with Crippen LogP contribution in [-0.4, -0.2) is 115 Å². The second kappa shape index (κ2) is 24.3. The molecule has 0 saturated heterocycles. The topological polar surface area (TPSA) is 335 Å². The summed E-state index contributed by atoms with van der Waals surface area (Å²) in [5, 5.41) is 34.6. The van der Waals surface area contributed by atoms with Crippen molar-refractivity contribution in [2.45, 2.75) is 110 Å². The summed E-state index contributed by atoms with van der Waals surface area (Å²) in [6.45, 7) is 21.3. The first-order chi connectivity index (χ1) is 35.5. The molecule has 0 radical (unpaired) electrons. The average molecular weight is 1180 g/mol. The van der Waals surface area contributed by atoms with E-state index in [0.29, 0.717) is 28.6 Å². The predicted molar refractivity (Wildman–Crippen MR) is 288 cm³/mol. The minimum absolute atomic E-state index is 0.0461. The molecule has 24 nitrogen and oxygen atoms in total. The number of aryl methyl sites for hydroxylation is 2. The number of hydrogen-bond donors (Lipinski definition) is 6. The van der Waals surface area contributed by atoms with Gasteiger partial charge in [0.2, 0.25) is 9.81 Å². The number of hydrogen-bond acceptors (Lipinski definition) is 22. The summed E-state index contributed by atoms with van der Waals surface area (Å²) in [6, 6.07) is 5.70. The van der Waals surface area contributed by atoms with Crippen LogP contribution in [0, 0.1) is 19.3 Å². The fraction of sp³-hybridized carbons (Fsp3) is 0.478. The van der Waals surface area contributed by atoms with Crippen LogP contribution in [0.4, 0.5) is 11.4 Å². The smallest absolute Gasteiger partial charge is 0.354 e. The number of anilines is 2. The molecule has 0 spiro atoms. The van der Waals surface area contributed by atoms with Crippen molar-refractivity contribution in [1.29, 1.82) is 0 Å². The van der Waals surface area contributed by atoms with Gasteiger partial charge in [-0.1, -0.05) is 55.4 Å². The maximum absolute atomic E-state index is 13.2. The molecular weight excluding hydrogens is 1110 g/mol. The highest BCUT2D eigenvalue weighted by Crippen LogP contribution is 2.45. The number of rotatable bonds is 21. The SMILES string of the molecule is CCOC(=O)C1=C(N[C@@H](c2ccc(C)o2)C(C)(C)C)C(Nc2c(C)sc(S(=O)(=O)N(CC)CC)c2O)=NS1(=O)=O.CCOC(=O)C1=C(N[C@H](CC)c2ccco2)C(Nc2csc(S(=O)(=O)N(CC)CC)c2O)=NS1(=O)=O. The van der Waals surface area contributed by atoms with E-state index in [4.69, 9.17) is 18.3 Å². The molecular formula is C46H64N8O16S6. The van der Waals surface area contributed by atoms with E-state index >= 15 is 0 Å². The Morgan fingerprint density at radius 3 is 1.70 bits per heavy atom. The molecule has 0 bridgehead atoms. The highest BCUT2D eigenvalue weighted by molar-refractivity contribution is 7.96. The Hall–Kier alpha value is -5.76. The fourth-order valence-corrected chi connectivity index (χ4v) is 15.9. The van der Waals surface area contributed by atoms with Gasteiger partial charge in [-0.2, -0.15) is 25.4 Å². The zero-order chi connectivity index (χ0) is 56.9. The lowest BCUT2D eigenvalue weighted by molar-refractivity contribution is -0.138. The standard InChI is InChI=1S/C25H36N4O8S3.C21H28N4O8S3/c1-9-29(10-2)40(34,35)24-19(30)17(15(5)38-24)27-22-18(20(23(31)36-11-3)39(32,33)28-22)26-21(25(6,7)8)16-13-12-14(4)37-16;1-5-13(15-10-9-11-33-15)22-16-18(20(27)32-8-4)35(28,29)24-19(16)23-14-12-34-21(17(14)26)36(30,31)25(6-2)7-3/h12-13,21,26,30H,9-11H2,1-8H3,(H,27,28);9-13,22,26H,5-8H2,1-4H3,(H,23,24)/t21-;13-/m01/s1. The van der Waals surface area contributed by atoms with Gasteiger partial charge in [0.15, 0.2) is 31.6 Å². The third-order valence-corrected chi connectivity index (χ3v) is 21.2. The van der Waals surface area contributed by atoms with Crippen LogP contribution in [-0.2, 0) is 59.2 Å². The minimum Gasteiger partial charge on any atom is -0.504 e. The van der Waals surface area contributed by atoms with Gasteiger partial charge in [0.25, 0.3) is 40.1 Å². The zero-order valence-electron chi connectivity index (χ0n) is 43.9. The van der Waals surface area contributed by atoms with Crippen molar-refractivity contribution in [3.8, 4) is 11.5 Å². The molecule has 6 rings (SSSR count). The Morgan fingerprint density at radius 2 is 1.25 bits per heavy atom. The van der Waals surface area contributed by atoms with Crippen molar-refractivity contribution in [2.24, 2.45) is 14.2 Å². The number of esters is 2. The molecule has 2 aliphatic heterocycles. The molecule has 2 atom stereocenters. The van der Waals surface area contributed by atoms with Gasteiger partial charge in [-0.25, -0.2) is 26.4 Å². The van der Waals surface area contributed by atoms with Crippen molar-refractivity contribution < 1.29 is 71.8 Å². The number of carbonyl (C=O) groups is 2. The van der Waals surface area contributed by atoms with Crippen LogP contribution in [0.2, 0.25) is 0 Å². The monoisotopic (exact) mass is 1180 g/mol. The third kappa shape index (κ3) is 12.8.